The van der Waals surface area contributed by atoms with E-state index in [1.54, 1.807) is 11.6 Å². The molecule has 1 aromatic heterocycles. The molecule has 0 unspecified atom stereocenters. The van der Waals surface area contributed by atoms with E-state index in [1.165, 1.54) is 18.2 Å². The summed E-state index contributed by atoms with van der Waals surface area (Å²) in [5, 5.41) is 4.79. The van der Waals surface area contributed by atoms with Crippen molar-refractivity contribution in [2.45, 2.75) is 26.8 Å². The van der Waals surface area contributed by atoms with Gasteiger partial charge in [-0.25, -0.2) is 4.39 Å². The van der Waals surface area contributed by atoms with Crippen molar-refractivity contribution in [2.24, 2.45) is 0 Å². The summed E-state index contributed by atoms with van der Waals surface area (Å²) in [4.78, 5) is 12.3. The van der Waals surface area contributed by atoms with Crippen molar-refractivity contribution in [1.29, 1.82) is 0 Å². The van der Waals surface area contributed by atoms with Gasteiger partial charge >= 0.3 is 0 Å². The van der Waals surface area contributed by atoms with Crippen LogP contribution in [0.2, 0.25) is 5.02 Å². The zero-order chi connectivity index (χ0) is 14.9. The number of hydrogen-bond donors (Lipinski definition) is 0. The third kappa shape index (κ3) is 2.94. The van der Waals surface area contributed by atoms with Crippen LogP contribution in [0.15, 0.2) is 22.7 Å². The van der Waals surface area contributed by atoms with Crippen molar-refractivity contribution in [2.75, 3.05) is 0 Å². The number of halogens is 3. The molecular weight excluding hydrogens is 347 g/mol. The first kappa shape index (κ1) is 15.2. The lowest BCUT2D eigenvalue weighted by molar-refractivity contribution is 0.0990. The number of aromatic nitrogens is 2. The Labute approximate surface area is 129 Å². The van der Waals surface area contributed by atoms with Crippen LogP contribution >= 0.6 is 27.5 Å². The second-order valence-electron chi connectivity index (χ2n) is 4.39. The molecule has 0 amide bonds. The number of Topliss-reactive ketones (excluding diaryl/α,β-unsaturated/α-hetero) is 1. The Morgan fingerprint density at radius 3 is 2.80 bits per heavy atom. The summed E-state index contributed by atoms with van der Waals surface area (Å²) in [5.74, 6) is -0.517. The molecule has 20 heavy (non-hydrogen) atoms. The monoisotopic (exact) mass is 358 g/mol. The van der Waals surface area contributed by atoms with Crippen molar-refractivity contribution in [1.82, 2.24) is 9.78 Å². The molecule has 0 aliphatic rings. The molecular formula is C14H13BrClFN2O. The van der Waals surface area contributed by atoms with Crippen LogP contribution in [0.25, 0.3) is 0 Å². The Kier molecular flexibility index (Phi) is 4.60. The number of nitrogens with zero attached hydrogens (tertiary/aromatic N) is 2. The lowest BCUT2D eigenvalue weighted by atomic mass is 10.1. The van der Waals surface area contributed by atoms with Gasteiger partial charge < -0.3 is 0 Å². The summed E-state index contributed by atoms with van der Waals surface area (Å²) in [6, 6.07) is 4.21. The van der Waals surface area contributed by atoms with E-state index >= 15 is 0 Å². The summed E-state index contributed by atoms with van der Waals surface area (Å²) < 4.78 is 15.2. The molecule has 106 valence electrons. The highest BCUT2D eigenvalue weighted by Gasteiger charge is 2.17. The molecule has 1 aromatic carbocycles. The average Bonchev–Trinajstić information content (AvgIpc) is 2.69. The zero-order valence-electron chi connectivity index (χ0n) is 11.1. The quantitative estimate of drug-likeness (QED) is 0.767. The number of carbonyl (C=O) groups is 1. The third-order valence-electron chi connectivity index (χ3n) is 3.02. The molecule has 2 rings (SSSR count). The molecule has 0 bridgehead atoms. The van der Waals surface area contributed by atoms with Crippen LogP contribution < -0.4 is 0 Å². The second kappa shape index (κ2) is 6.06. The molecule has 0 aliphatic carbocycles. The van der Waals surface area contributed by atoms with Crippen LogP contribution in [-0.2, 0) is 13.0 Å². The minimum Gasteiger partial charge on any atom is -0.294 e. The molecule has 6 heteroatoms. The molecule has 0 radical (unpaired) electrons. The normalized spacial score (nSPS) is 10.8. The van der Waals surface area contributed by atoms with Crippen molar-refractivity contribution >= 4 is 33.3 Å². The number of hydrogen-bond acceptors (Lipinski definition) is 2. The first-order valence-electron chi connectivity index (χ1n) is 6.14. The molecule has 2 aromatic rings. The molecule has 0 aliphatic heterocycles. The van der Waals surface area contributed by atoms with Gasteiger partial charge in [-0.05, 0) is 48.0 Å². The zero-order valence-corrected chi connectivity index (χ0v) is 13.4. The van der Waals surface area contributed by atoms with E-state index in [9.17, 15) is 9.18 Å². The van der Waals surface area contributed by atoms with Crippen LogP contribution in [0, 0.1) is 12.7 Å². The van der Waals surface area contributed by atoms with Gasteiger partial charge in [0.05, 0.1) is 27.3 Å². The topological polar surface area (TPSA) is 34.9 Å². The SMILES string of the molecule is CCn1nc(C)c(Cl)c1CC(=O)c1ccc(F)c(Br)c1. The van der Waals surface area contributed by atoms with Gasteiger partial charge in [0.25, 0.3) is 0 Å². The lowest BCUT2D eigenvalue weighted by Gasteiger charge is -2.06. The van der Waals surface area contributed by atoms with Crippen LogP contribution in [0.1, 0.15) is 28.7 Å². The van der Waals surface area contributed by atoms with Crippen molar-refractivity contribution < 1.29 is 9.18 Å². The summed E-state index contributed by atoms with van der Waals surface area (Å²) >= 11 is 9.25. The predicted octanol–water partition coefficient (Wildman–Crippen LogP) is 4.19. The second-order valence-corrected chi connectivity index (χ2v) is 5.62. The van der Waals surface area contributed by atoms with Gasteiger partial charge in [0.15, 0.2) is 5.78 Å². The highest BCUT2D eigenvalue weighted by Crippen LogP contribution is 2.23. The van der Waals surface area contributed by atoms with E-state index in [-0.39, 0.29) is 16.7 Å². The Bertz CT molecular complexity index is 669. The fourth-order valence-electron chi connectivity index (χ4n) is 1.96. The lowest BCUT2D eigenvalue weighted by Crippen LogP contribution is -2.10. The Hall–Kier alpha value is -1.20. The van der Waals surface area contributed by atoms with E-state index in [1.807, 2.05) is 6.92 Å². The van der Waals surface area contributed by atoms with E-state index in [0.717, 1.165) is 0 Å². The largest absolute Gasteiger partial charge is 0.294 e. The highest BCUT2D eigenvalue weighted by atomic mass is 79.9. The van der Waals surface area contributed by atoms with E-state index in [4.69, 9.17) is 11.6 Å². The third-order valence-corrected chi connectivity index (χ3v) is 4.12. The number of aryl methyl sites for hydroxylation is 2. The molecule has 3 nitrogen and oxygen atoms in total. The number of ketones is 1. The van der Waals surface area contributed by atoms with Gasteiger partial charge in [-0.2, -0.15) is 5.10 Å². The first-order chi connectivity index (χ1) is 9.43. The van der Waals surface area contributed by atoms with Gasteiger partial charge in [-0.15, -0.1) is 0 Å². The Morgan fingerprint density at radius 2 is 2.20 bits per heavy atom. The van der Waals surface area contributed by atoms with E-state index < -0.39 is 5.82 Å². The Morgan fingerprint density at radius 1 is 1.50 bits per heavy atom. The molecule has 0 saturated heterocycles. The minimum absolute atomic E-state index is 0.123. The fraction of sp³-hybridized carbons (Fsp3) is 0.286. The Balaban J connectivity index is 2.30. The van der Waals surface area contributed by atoms with Gasteiger partial charge in [0, 0.05) is 12.1 Å². The van der Waals surface area contributed by atoms with Crippen LogP contribution in [0.5, 0.6) is 0 Å². The predicted molar refractivity (Wildman–Crippen MR) is 79.8 cm³/mol. The highest BCUT2D eigenvalue weighted by molar-refractivity contribution is 9.10. The fourth-order valence-corrected chi connectivity index (χ4v) is 2.54. The standard InChI is InChI=1S/C14H13BrClFN2O/c1-3-19-12(14(16)8(2)18-19)7-13(20)9-4-5-11(17)10(15)6-9/h4-6H,3,7H2,1-2H3. The van der Waals surface area contributed by atoms with Crippen molar-refractivity contribution in [3.05, 3.63) is 50.5 Å². The number of carbonyl (C=O) groups excluding carboxylic acids is 1. The van der Waals surface area contributed by atoms with Crippen LogP contribution in [0.3, 0.4) is 0 Å². The smallest absolute Gasteiger partial charge is 0.168 e. The van der Waals surface area contributed by atoms with E-state index in [2.05, 4.69) is 21.0 Å². The maximum Gasteiger partial charge on any atom is 0.168 e. The summed E-state index contributed by atoms with van der Waals surface area (Å²) in [7, 11) is 0. The van der Waals surface area contributed by atoms with E-state index in [0.29, 0.717) is 28.5 Å². The van der Waals surface area contributed by atoms with Gasteiger partial charge in [-0.3, -0.25) is 9.48 Å². The molecule has 0 N–H and O–H groups in total. The van der Waals surface area contributed by atoms with Crippen molar-refractivity contribution in [3.63, 3.8) is 0 Å². The van der Waals surface area contributed by atoms with Crippen LogP contribution in [-0.4, -0.2) is 15.6 Å². The summed E-state index contributed by atoms with van der Waals surface area (Å²) in [6.45, 7) is 4.38. The minimum atomic E-state index is -0.394. The van der Waals surface area contributed by atoms with Crippen LogP contribution in [0.4, 0.5) is 4.39 Å². The number of rotatable bonds is 4. The number of benzene rings is 1. The molecule has 0 atom stereocenters. The molecule has 0 saturated carbocycles. The maximum atomic E-state index is 13.2. The summed E-state index contributed by atoms with van der Waals surface area (Å²) in [5.41, 5.74) is 1.84. The first-order valence-corrected chi connectivity index (χ1v) is 7.31. The molecule has 0 spiro atoms. The van der Waals surface area contributed by atoms with Crippen molar-refractivity contribution in [3.8, 4) is 0 Å². The van der Waals surface area contributed by atoms with Gasteiger partial charge in [0.2, 0.25) is 0 Å². The summed E-state index contributed by atoms with van der Waals surface area (Å²) in [6.07, 6.45) is 0.144. The average molecular weight is 360 g/mol. The van der Waals surface area contributed by atoms with Gasteiger partial charge in [0.1, 0.15) is 5.82 Å². The van der Waals surface area contributed by atoms with Gasteiger partial charge in [-0.1, -0.05) is 11.6 Å². The molecule has 1 heterocycles. The maximum absolute atomic E-state index is 13.2. The molecule has 0 fully saturated rings.